The molecule has 3 aliphatic rings. The smallest absolute Gasteiger partial charge is 0.160 e. The van der Waals surface area contributed by atoms with E-state index in [4.69, 9.17) is 9.97 Å². The molecule has 1 aromatic heterocycles. The number of hydrogen-bond acceptors (Lipinski definition) is 2. The average molecular weight is 733 g/mol. The minimum Gasteiger partial charge on any atom is -0.228 e. The van der Waals surface area contributed by atoms with E-state index in [1.54, 1.807) is 11.1 Å². The van der Waals surface area contributed by atoms with Crippen molar-refractivity contribution >= 4 is 0 Å². The minimum absolute atomic E-state index is 0.115. The van der Waals surface area contributed by atoms with Gasteiger partial charge in [0.05, 0.1) is 11.4 Å². The summed E-state index contributed by atoms with van der Waals surface area (Å²) in [5, 5.41) is 0. The summed E-state index contributed by atoms with van der Waals surface area (Å²) in [6, 6.07) is 62.2. The highest BCUT2D eigenvalue weighted by Crippen LogP contribution is 2.60. The molecule has 0 saturated heterocycles. The predicted molar refractivity (Wildman–Crippen MR) is 236 cm³/mol. The summed E-state index contributed by atoms with van der Waals surface area (Å²) < 4.78 is 0. The summed E-state index contributed by atoms with van der Waals surface area (Å²) >= 11 is 0. The van der Waals surface area contributed by atoms with Crippen molar-refractivity contribution < 1.29 is 0 Å². The first-order valence-electron chi connectivity index (χ1n) is 20.6. The van der Waals surface area contributed by atoms with Gasteiger partial charge in [0.1, 0.15) is 0 Å². The van der Waals surface area contributed by atoms with Crippen LogP contribution in [0, 0.1) is 0 Å². The van der Waals surface area contributed by atoms with Crippen molar-refractivity contribution in [3.05, 3.63) is 192 Å². The zero-order valence-corrected chi connectivity index (χ0v) is 32.6. The first-order chi connectivity index (χ1) is 28.0. The quantitative estimate of drug-likeness (QED) is 0.176. The number of nitrogens with zero attached hydrogens (tertiary/aromatic N) is 2. The van der Waals surface area contributed by atoms with Gasteiger partial charge in [-0.05, 0) is 104 Å². The zero-order valence-electron chi connectivity index (χ0n) is 32.6. The molecule has 57 heavy (non-hydrogen) atoms. The molecule has 1 saturated carbocycles. The van der Waals surface area contributed by atoms with Crippen molar-refractivity contribution in [3.8, 4) is 78.4 Å². The van der Waals surface area contributed by atoms with Crippen LogP contribution in [0.5, 0.6) is 0 Å². The Morgan fingerprint density at radius 1 is 0.368 bits per heavy atom. The van der Waals surface area contributed by atoms with Gasteiger partial charge in [-0.3, -0.25) is 0 Å². The van der Waals surface area contributed by atoms with Crippen LogP contribution in [0.1, 0.15) is 68.2 Å². The highest BCUT2D eigenvalue weighted by molar-refractivity contribution is 5.96. The second-order valence-corrected chi connectivity index (χ2v) is 16.8. The van der Waals surface area contributed by atoms with Crippen LogP contribution in [-0.4, -0.2) is 9.97 Å². The molecule has 1 spiro atoms. The van der Waals surface area contributed by atoms with Gasteiger partial charge < -0.3 is 0 Å². The largest absolute Gasteiger partial charge is 0.228 e. The Balaban J connectivity index is 1.04. The van der Waals surface area contributed by atoms with Crippen molar-refractivity contribution in [1.29, 1.82) is 0 Å². The fourth-order valence-electron chi connectivity index (χ4n) is 10.4. The summed E-state index contributed by atoms with van der Waals surface area (Å²) in [6.45, 7) is 4.84. The molecule has 0 unspecified atom stereocenters. The summed E-state index contributed by atoms with van der Waals surface area (Å²) in [5.41, 5.74) is 21.5. The van der Waals surface area contributed by atoms with E-state index in [1.165, 1.54) is 87.7 Å². The van der Waals surface area contributed by atoms with Gasteiger partial charge in [-0.2, -0.15) is 0 Å². The number of fused-ring (bicyclic) bond motifs is 8. The molecule has 0 aliphatic heterocycles. The average Bonchev–Trinajstić information content (AvgIpc) is 3.67. The van der Waals surface area contributed by atoms with E-state index in [2.05, 4.69) is 178 Å². The summed E-state index contributed by atoms with van der Waals surface area (Å²) in [5.74, 6) is 0.725. The summed E-state index contributed by atoms with van der Waals surface area (Å²) in [4.78, 5) is 10.4. The number of hydrogen-bond donors (Lipinski definition) is 0. The standard InChI is InChI=1S/C55H44N2/c1-54(2)47-25-15-23-42(52(47)45-34-49-44(33-48(45)54)43-22-10-11-24-46(43)55(49)30-12-5-13-31-55)40-20-14-21-41(32-40)51-35-50(56-53(57-51)39-18-8-4-9-19-39)38-28-26-37(27-29-38)36-16-6-3-7-17-36/h3-4,6-11,14-29,32-35H,5,12-13,30-31H2,1-2H3. The highest BCUT2D eigenvalue weighted by atomic mass is 14.9. The predicted octanol–water partition coefficient (Wildman–Crippen LogP) is 14.3. The fraction of sp³-hybridized carbons (Fsp3) is 0.164. The first kappa shape index (κ1) is 33.9. The molecule has 0 N–H and O–H groups in total. The third kappa shape index (κ3) is 5.38. The molecule has 0 radical (unpaired) electrons. The van der Waals surface area contributed by atoms with Crippen molar-refractivity contribution in [2.24, 2.45) is 0 Å². The number of aromatic nitrogens is 2. The Morgan fingerprint density at radius 3 is 1.70 bits per heavy atom. The van der Waals surface area contributed by atoms with E-state index in [0.717, 1.165) is 33.9 Å². The third-order valence-corrected chi connectivity index (χ3v) is 13.3. The number of rotatable bonds is 5. The Bertz CT molecular complexity index is 2830. The molecule has 7 aromatic carbocycles. The topological polar surface area (TPSA) is 25.8 Å². The number of benzene rings is 7. The van der Waals surface area contributed by atoms with Crippen molar-refractivity contribution in [2.75, 3.05) is 0 Å². The van der Waals surface area contributed by atoms with Crippen LogP contribution < -0.4 is 0 Å². The van der Waals surface area contributed by atoms with Gasteiger partial charge in [0.15, 0.2) is 5.82 Å². The lowest BCUT2D eigenvalue weighted by Gasteiger charge is -2.36. The molecule has 2 nitrogen and oxygen atoms in total. The molecule has 1 heterocycles. The Kier molecular flexibility index (Phi) is 7.80. The summed E-state index contributed by atoms with van der Waals surface area (Å²) in [7, 11) is 0. The molecule has 0 atom stereocenters. The van der Waals surface area contributed by atoms with Crippen molar-refractivity contribution in [1.82, 2.24) is 9.97 Å². The van der Waals surface area contributed by atoms with E-state index >= 15 is 0 Å². The van der Waals surface area contributed by atoms with E-state index in [1.807, 2.05) is 6.07 Å². The lowest BCUT2D eigenvalue weighted by Crippen LogP contribution is -2.28. The Morgan fingerprint density at radius 2 is 0.930 bits per heavy atom. The van der Waals surface area contributed by atoms with Crippen LogP contribution in [0.25, 0.3) is 78.4 Å². The lowest BCUT2D eigenvalue weighted by atomic mass is 9.67. The Labute approximate surface area is 336 Å². The van der Waals surface area contributed by atoms with Crippen LogP contribution in [0.3, 0.4) is 0 Å². The second kappa shape index (κ2) is 13.1. The molecule has 11 rings (SSSR count). The van der Waals surface area contributed by atoms with E-state index in [9.17, 15) is 0 Å². The SMILES string of the molecule is CC1(C)c2cc3c(cc2-c2c(-c4cccc(-c5cc(-c6ccc(-c7ccccc7)cc6)nc(-c6ccccc6)n5)c4)cccc21)C1(CCCCC1)c1ccccc1-3. The molecule has 3 aliphatic carbocycles. The molecule has 8 aromatic rings. The van der Waals surface area contributed by atoms with Gasteiger partial charge in [0.2, 0.25) is 0 Å². The van der Waals surface area contributed by atoms with Crippen molar-refractivity contribution in [2.45, 2.75) is 56.8 Å². The molecule has 274 valence electrons. The summed E-state index contributed by atoms with van der Waals surface area (Å²) in [6.07, 6.45) is 6.39. The van der Waals surface area contributed by atoms with Gasteiger partial charge in [0, 0.05) is 27.5 Å². The molecule has 2 heteroatoms. The van der Waals surface area contributed by atoms with Crippen LogP contribution in [-0.2, 0) is 10.8 Å². The molecule has 0 amide bonds. The van der Waals surface area contributed by atoms with E-state index in [0.29, 0.717) is 0 Å². The van der Waals surface area contributed by atoms with Crippen LogP contribution in [0.2, 0.25) is 0 Å². The zero-order chi connectivity index (χ0) is 38.1. The van der Waals surface area contributed by atoms with Gasteiger partial charge in [0.25, 0.3) is 0 Å². The Hall–Kier alpha value is -6.38. The lowest BCUT2D eigenvalue weighted by molar-refractivity contribution is 0.353. The van der Waals surface area contributed by atoms with Gasteiger partial charge >= 0.3 is 0 Å². The van der Waals surface area contributed by atoms with Gasteiger partial charge in [-0.1, -0.05) is 179 Å². The maximum absolute atomic E-state index is 5.23. The molecule has 0 bridgehead atoms. The van der Waals surface area contributed by atoms with Gasteiger partial charge in [-0.25, -0.2) is 9.97 Å². The van der Waals surface area contributed by atoms with Crippen LogP contribution in [0.15, 0.2) is 170 Å². The van der Waals surface area contributed by atoms with E-state index in [-0.39, 0.29) is 10.8 Å². The minimum atomic E-state index is -0.118. The monoisotopic (exact) mass is 732 g/mol. The molecule has 1 fully saturated rings. The maximum Gasteiger partial charge on any atom is 0.160 e. The second-order valence-electron chi connectivity index (χ2n) is 16.8. The van der Waals surface area contributed by atoms with Crippen LogP contribution >= 0.6 is 0 Å². The van der Waals surface area contributed by atoms with E-state index < -0.39 is 0 Å². The maximum atomic E-state index is 5.23. The molecular weight excluding hydrogens is 689 g/mol. The fourth-order valence-corrected chi connectivity index (χ4v) is 10.4. The highest BCUT2D eigenvalue weighted by Gasteiger charge is 2.46. The third-order valence-electron chi connectivity index (χ3n) is 13.3. The van der Waals surface area contributed by atoms with Crippen LogP contribution in [0.4, 0.5) is 0 Å². The first-order valence-corrected chi connectivity index (χ1v) is 20.6. The normalized spacial score (nSPS) is 15.5. The van der Waals surface area contributed by atoms with Crippen molar-refractivity contribution in [3.63, 3.8) is 0 Å². The molecular formula is C55H44N2. The van der Waals surface area contributed by atoms with Gasteiger partial charge in [-0.15, -0.1) is 0 Å².